The zero-order valence-corrected chi connectivity index (χ0v) is 13.7. The van der Waals surface area contributed by atoms with Gasteiger partial charge in [-0.15, -0.1) is 0 Å². The summed E-state index contributed by atoms with van der Waals surface area (Å²) >= 11 is 3.47. The van der Waals surface area contributed by atoms with Crippen LogP contribution in [0.5, 0.6) is 0 Å². The molecule has 0 radical (unpaired) electrons. The first-order valence-electron chi connectivity index (χ1n) is 7.01. The van der Waals surface area contributed by atoms with Gasteiger partial charge >= 0.3 is 0 Å². The minimum atomic E-state index is 0.238. The summed E-state index contributed by atoms with van der Waals surface area (Å²) in [6.45, 7) is 4.33. The molecule has 3 aromatic rings. The molecule has 1 unspecified atom stereocenters. The smallest absolute Gasteiger partial charge is 0.0934 e. The maximum atomic E-state index is 4.54. The second-order valence-corrected chi connectivity index (χ2v) is 6.17. The van der Waals surface area contributed by atoms with Crippen LogP contribution in [0.2, 0.25) is 0 Å². The fourth-order valence-corrected chi connectivity index (χ4v) is 2.98. The minimum Gasteiger partial charge on any atom is -0.377 e. The molecule has 1 atom stereocenters. The molecule has 2 nitrogen and oxygen atoms in total. The lowest BCUT2D eigenvalue weighted by atomic mass is 10.0. The van der Waals surface area contributed by atoms with Crippen molar-refractivity contribution >= 4 is 32.5 Å². The lowest BCUT2D eigenvalue weighted by Crippen LogP contribution is -2.08. The van der Waals surface area contributed by atoms with Crippen molar-refractivity contribution in [1.82, 2.24) is 4.98 Å². The van der Waals surface area contributed by atoms with E-state index in [-0.39, 0.29) is 6.04 Å². The maximum absolute atomic E-state index is 4.54. The molecule has 0 bridgehead atoms. The highest BCUT2D eigenvalue weighted by molar-refractivity contribution is 9.10. The van der Waals surface area contributed by atoms with Crippen LogP contribution in [0.4, 0.5) is 5.69 Å². The Morgan fingerprint density at radius 2 is 1.90 bits per heavy atom. The Balaban J connectivity index is 1.97. The molecule has 1 N–H and O–H groups in total. The summed E-state index contributed by atoms with van der Waals surface area (Å²) in [4.78, 5) is 4.54. The van der Waals surface area contributed by atoms with Crippen molar-refractivity contribution in [3.8, 4) is 0 Å². The molecule has 3 rings (SSSR count). The number of nitrogens with zero attached hydrogens (tertiary/aromatic N) is 1. The van der Waals surface area contributed by atoms with E-state index in [9.17, 15) is 0 Å². The van der Waals surface area contributed by atoms with Crippen LogP contribution < -0.4 is 5.32 Å². The Bertz CT molecular complexity index is 783. The van der Waals surface area contributed by atoms with Crippen LogP contribution in [0.1, 0.15) is 24.1 Å². The van der Waals surface area contributed by atoms with Crippen molar-refractivity contribution in [3.05, 3.63) is 70.3 Å². The van der Waals surface area contributed by atoms with E-state index in [0.29, 0.717) is 0 Å². The molecule has 0 aliphatic rings. The zero-order chi connectivity index (χ0) is 14.8. The monoisotopic (exact) mass is 340 g/mol. The lowest BCUT2D eigenvalue weighted by molar-refractivity contribution is 0.875. The van der Waals surface area contributed by atoms with Crippen molar-refractivity contribution < 1.29 is 0 Å². The topological polar surface area (TPSA) is 24.9 Å². The van der Waals surface area contributed by atoms with Crippen molar-refractivity contribution in [3.63, 3.8) is 0 Å². The number of halogens is 1. The van der Waals surface area contributed by atoms with Crippen LogP contribution in [0.15, 0.2) is 59.2 Å². The van der Waals surface area contributed by atoms with E-state index in [0.717, 1.165) is 21.1 Å². The van der Waals surface area contributed by atoms with E-state index in [4.69, 9.17) is 0 Å². The largest absolute Gasteiger partial charge is 0.377 e. The molecular formula is C18H17BrN2. The number of hydrogen-bond donors (Lipinski definition) is 1. The van der Waals surface area contributed by atoms with E-state index in [2.05, 4.69) is 88.6 Å². The molecule has 0 saturated carbocycles. The molecule has 0 aliphatic carbocycles. The number of para-hydroxylation sites is 1. The Labute approximate surface area is 133 Å². The van der Waals surface area contributed by atoms with Crippen molar-refractivity contribution in [2.45, 2.75) is 19.9 Å². The number of anilines is 1. The number of fused-ring (bicyclic) bond motifs is 1. The number of aryl methyl sites for hydroxylation is 1. The zero-order valence-electron chi connectivity index (χ0n) is 12.1. The van der Waals surface area contributed by atoms with Gasteiger partial charge < -0.3 is 5.32 Å². The van der Waals surface area contributed by atoms with Gasteiger partial charge in [-0.1, -0.05) is 36.4 Å². The quantitative estimate of drug-likeness (QED) is 0.682. The first-order valence-corrected chi connectivity index (χ1v) is 7.81. The third kappa shape index (κ3) is 2.93. The maximum Gasteiger partial charge on any atom is 0.0934 e. The van der Waals surface area contributed by atoms with Crippen molar-refractivity contribution in [1.29, 1.82) is 0 Å². The molecule has 1 heterocycles. The van der Waals surface area contributed by atoms with Crippen molar-refractivity contribution in [2.75, 3.05) is 5.32 Å². The average molecular weight is 341 g/mol. The third-order valence-corrected chi connectivity index (χ3v) is 4.14. The fourth-order valence-electron chi connectivity index (χ4n) is 2.63. The second-order valence-electron chi connectivity index (χ2n) is 5.25. The van der Waals surface area contributed by atoms with Gasteiger partial charge in [-0.3, -0.25) is 4.98 Å². The van der Waals surface area contributed by atoms with E-state index in [1.807, 2.05) is 6.20 Å². The lowest BCUT2D eigenvalue weighted by Gasteiger charge is -2.18. The predicted molar refractivity (Wildman–Crippen MR) is 92.7 cm³/mol. The summed E-state index contributed by atoms with van der Waals surface area (Å²) in [6.07, 6.45) is 1.84. The van der Waals surface area contributed by atoms with Crippen LogP contribution in [-0.2, 0) is 0 Å². The van der Waals surface area contributed by atoms with Gasteiger partial charge in [0.05, 0.1) is 11.2 Å². The minimum absolute atomic E-state index is 0.238. The molecule has 21 heavy (non-hydrogen) atoms. The third-order valence-electron chi connectivity index (χ3n) is 3.70. The van der Waals surface area contributed by atoms with Gasteiger partial charge in [-0.25, -0.2) is 0 Å². The van der Waals surface area contributed by atoms with E-state index in [1.54, 1.807) is 0 Å². The molecule has 0 aliphatic heterocycles. The van der Waals surface area contributed by atoms with E-state index in [1.165, 1.54) is 11.1 Å². The molecule has 0 amide bonds. The summed E-state index contributed by atoms with van der Waals surface area (Å²) < 4.78 is 0.999. The first kappa shape index (κ1) is 14.1. The van der Waals surface area contributed by atoms with Crippen LogP contribution in [0.25, 0.3) is 10.9 Å². The molecule has 106 valence electrons. The average Bonchev–Trinajstić information content (AvgIpc) is 2.47. The van der Waals surface area contributed by atoms with Crippen LogP contribution in [-0.4, -0.2) is 4.98 Å². The van der Waals surface area contributed by atoms with Gasteiger partial charge in [0.2, 0.25) is 0 Å². The Morgan fingerprint density at radius 3 is 2.71 bits per heavy atom. The fraction of sp³-hybridized carbons (Fsp3) is 0.167. The van der Waals surface area contributed by atoms with E-state index < -0.39 is 0 Å². The molecule has 0 fully saturated rings. The highest BCUT2D eigenvalue weighted by atomic mass is 79.9. The molecule has 3 heteroatoms. The number of rotatable bonds is 3. The molecule has 0 saturated heterocycles. The molecular weight excluding hydrogens is 324 g/mol. The van der Waals surface area contributed by atoms with Crippen LogP contribution in [0.3, 0.4) is 0 Å². The molecule has 0 spiro atoms. The number of pyridine rings is 1. The number of hydrogen-bond acceptors (Lipinski definition) is 2. The van der Waals surface area contributed by atoms with Crippen LogP contribution in [0, 0.1) is 6.92 Å². The van der Waals surface area contributed by atoms with Crippen molar-refractivity contribution in [2.24, 2.45) is 0 Å². The van der Waals surface area contributed by atoms with Gasteiger partial charge in [0, 0.05) is 22.1 Å². The van der Waals surface area contributed by atoms with Gasteiger partial charge in [0.1, 0.15) is 0 Å². The standard InChI is InChI=1S/C18H17BrN2/c1-12-6-3-4-8-16(12)13(2)21-17-9-5-7-14-10-15(19)11-20-18(14)17/h3-11,13,21H,1-2H3. The Kier molecular flexibility index (Phi) is 3.93. The highest BCUT2D eigenvalue weighted by Gasteiger charge is 2.10. The predicted octanol–water partition coefficient (Wildman–Crippen LogP) is 5.48. The second kappa shape index (κ2) is 5.86. The number of benzene rings is 2. The van der Waals surface area contributed by atoms with Gasteiger partial charge in [-0.2, -0.15) is 0 Å². The summed E-state index contributed by atoms with van der Waals surface area (Å²) in [5.41, 5.74) is 4.68. The number of aromatic nitrogens is 1. The van der Waals surface area contributed by atoms with E-state index >= 15 is 0 Å². The van der Waals surface area contributed by atoms with Crippen LogP contribution >= 0.6 is 15.9 Å². The summed E-state index contributed by atoms with van der Waals surface area (Å²) in [5, 5.41) is 4.71. The summed E-state index contributed by atoms with van der Waals surface area (Å²) in [7, 11) is 0. The first-order chi connectivity index (χ1) is 10.1. The summed E-state index contributed by atoms with van der Waals surface area (Å²) in [5.74, 6) is 0. The highest BCUT2D eigenvalue weighted by Crippen LogP contribution is 2.28. The Morgan fingerprint density at radius 1 is 1.10 bits per heavy atom. The summed E-state index contributed by atoms with van der Waals surface area (Å²) in [6, 6.07) is 17.0. The Hall–Kier alpha value is -1.87. The van der Waals surface area contributed by atoms with Gasteiger partial charge in [0.15, 0.2) is 0 Å². The number of nitrogens with one attached hydrogen (secondary N) is 1. The SMILES string of the molecule is Cc1ccccc1C(C)Nc1cccc2cc(Br)cnc12. The molecule has 1 aromatic heterocycles. The van der Waals surface area contributed by atoms with Gasteiger partial charge in [0.25, 0.3) is 0 Å². The van der Waals surface area contributed by atoms with Gasteiger partial charge in [-0.05, 0) is 53.0 Å². The normalized spacial score (nSPS) is 12.3. The molecule has 2 aromatic carbocycles.